The van der Waals surface area contributed by atoms with E-state index in [4.69, 9.17) is 9.90 Å². The minimum atomic E-state index is -5.08. The first-order valence-electron chi connectivity index (χ1n) is 12.1. The van der Waals surface area contributed by atoms with E-state index >= 15 is 0 Å². The molecule has 10 heteroatoms. The number of aliphatic carboxylic acids is 1. The molecular weight excluding hydrogens is 449 g/mol. The number of hydrogen-bond donors (Lipinski definition) is 3. The van der Waals surface area contributed by atoms with Crippen molar-refractivity contribution in [1.29, 1.82) is 0 Å². The Balaban J connectivity index is 0.000000406. The maximum Gasteiger partial charge on any atom is 0.490 e. The molecule has 2 heterocycles. The lowest BCUT2D eigenvalue weighted by molar-refractivity contribution is -0.192. The fourth-order valence-electron chi connectivity index (χ4n) is 5.10. The first-order chi connectivity index (χ1) is 16.1. The molecule has 2 unspecified atom stereocenters. The lowest BCUT2D eigenvalue weighted by Gasteiger charge is -2.28. The normalized spacial score (nSPS) is 23.8. The monoisotopic (exact) mass is 484 g/mol. The average Bonchev–Trinajstić information content (AvgIpc) is 3.43. The molecule has 2 aliphatic heterocycles. The Kier molecular flexibility index (Phi) is 9.04. The molecule has 0 radical (unpaired) electrons. The van der Waals surface area contributed by atoms with Crippen LogP contribution in [0.3, 0.4) is 0 Å². The zero-order valence-electron chi connectivity index (χ0n) is 19.6. The third-order valence-electron chi connectivity index (χ3n) is 6.91. The number of anilines is 2. The number of nitrogens with one attached hydrogen (secondary N) is 2. The first-order valence-corrected chi connectivity index (χ1v) is 12.1. The fraction of sp³-hybridized carbons (Fsp3) is 0.667. The molecule has 2 atom stereocenters. The van der Waals surface area contributed by atoms with Crippen LogP contribution in [-0.2, 0) is 4.79 Å². The maximum absolute atomic E-state index is 12.2. The predicted molar refractivity (Wildman–Crippen MR) is 125 cm³/mol. The van der Waals surface area contributed by atoms with E-state index in [0.29, 0.717) is 12.1 Å². The second kappa shape index (κ2) is 11.8. The Labute approximate surface area is 198 Å². The number of rotatable bonds is 4. The van der Waals surface area contributed by atoms with Crippen molar-refractivity contribution in [3.8, 4) is 0 Å². The van der Waals surface area contributed by atoms with Crippen LogP contribution in [-0.4, -0.2) is 65.9 Å². The van der Waals surface area contributed by atoms with E-state index in [9.17, 15) is 18.0 Å². The lowest BCUT2D eigenvalue weighted by atomic mass is 9.96. The Bertz CT molecular complexity index is 813. The van der Waals surface area contributed by atoms with E-state index in [2.05, 4.69) is 39.5 Å². The van der Waals surface area contributed by atoms with E-state index < -0.39 is 12.1 Å². The average molecular weight is 485 g/mol. The van der Waals surface area contributed by atoms with Gasteiger partial charge in [-0.2, -0.15) is 13.2 Å². The standard InChI is InChI=1S/C22H34N4O.C2HF3O2/c1-17-6-5-14-26(17)21-13-15-25(16-21)20-11-9-19(10-12-20)24-22(27)23-18-7-3-2-4-8-18;3-2(4,5)1(6)7/h9-12,17-18,21H,2-8,13-16H2,1H3,(H2,23,24,27);(H,6,7). The smallest absolute Gasteiger partial charge is 0.475 e. The van der Waals surface area contributed by atoms with Gasteiger partial charge < -0.3 is 20.6 Å². The molecule has 1 aromatic rings. The van der Waals surface area contributed by atoms with Gasteiger partial charge in [0.2, 0.25) is 0 Å². The zero-order valence-corrected chi connectivity index (χ0v) is 19.6. The number of alkyl halides is 3. The topological polar surface area (TPSA) is 84.9 Å². The summed E-state index contributed by atoms with van der Waals surface area (Å²) in [7, 11) is 0. The van der Waals surface area contributed by atoms with Gasteiger partial charge in [-0.3, -0.25) is 4.90 Å². The molecule has 3 aliphatic rings. The van der Waals surface area contributed by atoms with Crippen LogP contribution >= 0.6 is 0 Å². The fourth-order valence-corrected chi connectivity index (χ4v) is 5.10. The quantitative estimate of drug-likeness (QED) is 0.570. The van der Waals surface area contributed by atoms with Gasteiger partial charge >= 0.3 is 18.2 Å². The maximum atomic E-state index is 12.2. The number of likely N-dealkylation sites (tertiary alicyclic amines) is 1. The third kappa shape index (κ3) is 7.51. The molecule has 190 valence electrons. The van der Waals surface area contributed by atoms with Crippen LogP contribution in [0.4, 0.5) is 29.3 Å². The number of nitrogens with zero attached hydrogens (tertiary/aromatic N) is 2. The van der Waals surface area contributed by atoms with Gasteiger partial charge in [-0.1, -0.05) is 19.3 Å². The van der Waals surface area contributed by atoms with Gasteiger partial charge in [0.15, 0.2) is 0 Å². The highest BCUT2D eigenvalue weighted by Gasteiger charge is 2.38. The lowest BCUT2D eigenvalue weighted by Crippen LogP contribution is -2.39. The molecule has 0 spiro atoms. The summed E-state index contributed by atoms with van der Waals surface area (Å²) in [6.07, 6.45) is 4.85. The number of urea groups is 1. The summed E-state index contributed by atoms with van der Waals surface area (Å²) in [5.41, 5.74) is 2.14. The third-order valence-corrected chi connectivity index (χ3v) is 6.91. The van der Waals surface area contributed by atoms with E-state index in [-0.39, 0.29) is 6.03 Å². The molecule has 1 aromatic carbocycles. The van der Waals surface area contributed by atoms with Crippen LogP contribution in [0, 0.1) is 0 Å². The van der Waals surface area contributed by atoms with Crippen LogP contribution in [0.2, 0.25) is 0 Å². The molecule has 1 aliphatic carbocycles. The highest BCUT2D eigenvalue weighted by molar-refractivity contribution is 5.89. The van der Waals surface area contributed by atoms with Gasteiger partial charge in [0.1, 0.15) is 0 Å². The van der Waals surface area contributed by atoms with Crippen LogP contribution < -0.4 is 15.5 Å². The Morgan fingerprint density at radius 2 is 1.62 bits per heavy atom. The predicted octanol–water partition coefficient (Wildman–Crippen LogP) is 4.84. The largest absolute Gasteiger partial charge is 0.490 e. The summed E-state index contributed by atoms with van der Waals surface area (Å²) in [5, 5.41) is 13.2. The second-order valence-electron chi connectivity index (χ2n) is 9.40. The molecule has 2 saturated heterocycles. The van der Waals surface area contributed by atoms with Crippen molar-refractivity contribution in [1.82, 2.24) is 10.2 Å². The molecule has 4 rings (SSSR count). The first kappa shape index (κ1) is 26.1. The molecule has 2 amide bonds. The zero-order chi connectivity index (χ0) is 24.7. The van der Waals surface area contributed by atoms with Crippen LogP contribution in [0.15, 0.2) is 24.3 Å². The van der Waals surface area contributed by atoms with E-state index in [0.717, 1.165) is 37.7 Å². The van der Waals surface area contributed by atoms with Crippen molar-refractivity contribution in [3.63, 3.8) is 0 Å². The van der Waals surface area contributed by atoms with Gasteiger partial charge in [-0.05, 0) is 69.8 Å². The highest BCUT2D eigenvalue weighted by Crippen LogP contribution is 2.28. The number of amides is 2. The van der Waals surface area contributed by atoms with E-state index in [1.165, 1.54) is 50.8 Å². The van der Waals surface area contributed by atoms with Crippen molar-refractivity contribution in [2.24, 2.45) is 0 Å². The van der Waals surface area contributed by atoms with Crippen molar-refractivity contribution in [2.75, 3.05) is 29.9 Å². The number of hydrogen-bond acceptors (Lipinski definition) is 4. The number of carboxylic acids is 1. The van der Waals surface area contributed by atoms with Crippen molar-refractivity contribution in [3.05, 3.63) is 24.3 Å². The molecule has 0 bridgehead atoms. The molecule has 3 fully saturated rings. The molecular formula is C24H35F3N4O3. The van der Waals surface area contributed by atoms with Gasteiger partial charge in [0.25, 0.3) is 0 Å². The Hall–Kier alpha value is -2.49. The van der Waals surface area contributed by atoms with E-state index in [1.807, 2.05) is 12.1 Å². The summed E-state index contributed by atoms with van der Waals surface area (Å²) in [6.45, 7) is 5.88. The SMILES string of the molecule is CC1CCCN1C1CCN(c2ccc(NC(=O)NC3CCCCC3)cc2)C1.O=C(O)C(F)(F)F. The Morgan fingerprint density at radius 3 is 2.18 bits per heavy atom. The Morgan fingerprint density at radius 1 is 0.971 bits per heavy atom. The summed E-state index contributed by atoms with van der Waals surface area (Å²) in [4.78, 5) is 26.3. The minimum Gasteiger partial charge on any atom is -0.475 e. The van der Waals surface area contributed by atoms with Gasteiger partial charge in [0, 0.05) is 42.6 Å². The summed E-state index contributed by atoms with van der Waals surface area (Å²) >= 11 is 0. The summed E-state index contributed by atoms with van der Waals surface area (Å²) in [5.74, 6) is -2.76. The van der Waals surface area contributed by atoms with Gasteiger partial charge in [0.05, 0.1) is 0 Å². The number of carbonyl (C=O) groups is 2. The minimum absolute atomic E-state index is 0.0705. The molecule has 1 saturated carbocycles. The summed E-state index contributed by atoms with van der Waals surface area (Å²) < 4.78 is 31.7. The number of carbonyl (C=O) groups excluding carboxylic acids is 1. The molecule has 7 nitrogen and oxygen atoms in total. The van der Waals surface area contributed by atoms with Crippen molar-refractivity contribution in [2.45, 2.75) is 82.6 Å². The van der Waals surface area contributed by atoms with Gasteiger partial charge in [-0.25, -0.2) is 9.59 Å². The van der Waals surface area contributed by atoms with Crippen molar-refractivity contribution >= 4 is 23.4 Å². The molecule has 34 heavy (non-hydrogen) atoms. The van der Waals surface area contributed by atoms with Crippen LogP contribution in [0.25, 0.3) is 0 Å². The molecule has 0 aromatic heterocycles. The second-order valence-corrected chi connectivity index (χ2v) is 9.40. The highest BCUT2D eigenvalue weighted by atomic mass is 19.4. The number of carboxylic acid groups (broad SMARTS) is 1. The molecule has 3 N–H and O–H groups in total. The summed E-state index contributed by atoms with van der Waals surface area (Å²) in [6, 6.07) is 10.1. The number of halogens is 3. The van der Waals surface area contributed by atoms with Crippen molar-refractivity contribution < 1.29 is 27.9 Å². The van der Waals surface area contributed by atoms with E-state index in [1.54, 1.807) is 0 Å². The van der Waals surface area contributed by atoms with Gasteiger partial charge in [-0.15, -0.1) is 0 Å². The van der Waals surface area contributed by atoms with Crippen LogP contribution in [0.1, 0.15) is 58.3 Å². The van der Waals surface area contributed by atoms with Crippen LogP contribution in [0.5, 0.6) is 0 Å². The number of benzene rings is 1.